The number of nitrogens with zero attached hydrogens (tertiary/aromatic N) is 2. The fourth-order valence-corrected chi connectivity index (χ4v) is 7.92. The SMILES string of the molecule is c1ccc2cc(N(c3ccc(Cc4ccc(N(c5ccc6ccccc6c5)c5ccc6ccccc6c5)cc4)cc3)c3ccc4ccccc4c3)ccc2c1. The summed E-state index contributed by atoms with van der Waals surface area (Å²) < 4.78 is 0. The van der Waals surface area contributed by atoms with Gasteiger partial charge in [0, 0.05) is 34.1 Å². The third kappa shape index (κ3) is 6.45. The van der Waals surface area contributed by atoms with Gasteiger partial charge >= 0.3 is 0 Å². The largest absolute Gasteiger partial charge is 0.310 e. The van der Waals surface area contributed by atoms with E-state index in [-0.39, 0.29) is 0 Å². The number of hydrogen-bond acceptors (Lipinski definition) is 2. The van der Waals surface area contributed by atoms with Crippen LogP contribution in [0.15, 0.2) is 218 Å². The highest BCUT2D eigenvalue weighted by molar-refractivity contribution is 5.94. The van der Waals surface area contributed by atoms with Crippen LogP contribution in [0.2, 0.25) is 0 Å². The highest BCUT2D eigenvalue weighted by Crippen LogP contribution is 2.39. The van der Waals surface area contributed by atoms with Gasteiger partial charge in [-0.2, -0.15) is 0 Å². The first kappa shape index (κ1) is 32.5. The van der Waals surface area contributed by atoms with E-state index in [9.17, 15) is 0 Å². The molecule has 0 atom stereocenters. The Balaban J connectivity index is 0.966. The van der Waals surface area contributed by atoms with Crippen LogP contribution in [0.5, 0.6) is 0 Å². The molecule has 0 spiro atoms. The molecule has 0 aliphatic heterocycles. The Morgan fingerprint density at radius 3 is 0.727 bits per heavy atom. The van der Waals surface area contributed by atoms with Gasteiger partial charge in [0.25, 0.3) is 0 Å². The monoisotopic (exact) mass is 702 g/mol. The Morgan fingerprint density at radius 2 is 0.455 bits per heavy atom. The average Bonchev–Trinajstić information content (AvgIpc) is 3.25. The summed E-state index contributed by atoms with van der Waals surface area (Å²) in [4.78, 5) is 4.73. The van der Waals surface area contributed by atoms with Crippen LogP contribution in [0.1, 0.15) is 11.1 Å². The molecule has 0 amide bonds. The summed E-state index contributed by atoms with van der Waals surface area (Å²) in [6, 6.07) is 79.4. The number of fused-ring (bicyclic) bond motifs is 4. The van der Waals surface area contributed by atoms with Gasteiger partial charge in [0.1, 0.15) is 0 Å². The van der Waals surface area contributed by atoms with Crippen molar-refractivity contribution in [2.24, 2.45) is 0 Å². The second-order valence-corrected chi connectivity index (χ2v) is 14.3. The van der Waals surface area contributed by atoms with Crippen molar-refractivity contribution in [1.29, 1.82) is 0 Å². The zero-order valence-electron chi connectivity index (χ0n) is 30.4. The number of hydrogen-bond donors (Lipinski definition) is 0. The lowest BCUT2D eigenvalue weighted by Gasteiger charge is -2.27. The molecule has 0 aliphatic rings. The molecule has 10 rings (SSSR count). The van der Waals surface area contributed by atoms with Gasteiger partial charge in [0.15, 0.2) is 0 Å². The summed E-state index contributed by atoms with van der Waals surface area (Å²) in [5, 5.41) is 9.87. The fraction of sp³-hybridized carbons (Fsp3) is 0.0189. The molecule has 0 saturated heterocycles. The summed E-state index contributed by atoms with van der Waals surface area (Å²) in [6.45, 7) is 0. The van der Waals surface area contributed by atoms with Crippen molar-refractivity contribution in [3.8, 4) is 0 Å². The molecule has 260 valence electrons. The molecule has 0 N–H and O–H groups in total. The zero-order chi connectivity index (χ0) is 36.6. The Morgan fingerprint density at radius 1 is 0.218 bits per heavy atom. The van der Waals surface area contributed by atoms with Crippen molar-refractivity contribution in [3.05, 3.63) is 230 Å². The third-order valence-corrected chi connectivity index (χ3v) is 10.8. The Hall–Kier alpha value is -7.16. The molecule has 0 bridgehead atoms. The van der Waals surface area contributed by atoms with Crippen LogP contribution in [0.25, 0.3) is 43.1 Å². The van der Waals surface area contributed by atoms with Crippen molar-refractivity contribution >= 4 is 77.2 Å². The lowest BCUT2D eigenvalue weighted by Crippen LogP contribution is -2.10. The first-order valence-corrected chi connectivity index (χ1v) is 19.0. The molecule has 0 unspecified atom stereocenters. The Kier molecular flexibility index (Phi) is 8.27. The van der Waals surface area contributed by atoms with Crippen molar-refractivity contribution in [1.82, 2.24) is 0 Å². The van der Waals surface area contributed by atoms with Crippen LogP contribution in [0.4, 0.5) is 34.1 Å². The second kappa shape index (κ2) is 14.0. The third-order valence-electron chi connectivity index (χ3n) is 10.8. The van der Waals surface area contributed by atoms with E-state index < -0.39 is 0 Å². The molecule has 55 heavy (non-hydrogen) atoms. The summed E-state index contributed by atoms with van der Waals surface area (Å²) in [5.74, 6) is 0. The average molecular weight is 703 g/mol. The first-order chi connectivity index (χ1) is 27.2. The van der Waals surface area contributed by atoms with Crippen LogP contribution < -0.4 is 9.80 Å². The van der Waals surface area contributed by atoms with Crippen molar-refractivity contribution < 1.29 is 0 Å². The van der Waals surface area contributed by atoms with Crippen LogP contribution in [-0.2, 0) is 6.42 Å². The molecule has 0 radical (unpaired) electrons. The van der Waals surface area contributed by atoms with Gasteiger partial charge in [0.2, 0.25) is 0 Å². The van der Waals surface area contributed by atoms with Crippen LogP contribution in [0.3, 0.4) is 0 Å². The fourth-order valence-electron chi connectivity index (χ4n) is 7.92. The predicted octanol–water partition coefficient (Wildman–Crippen LogP) is 14.8. The lowest BCUT2D eigenvalue weighted by atomic mass is 10.0. The van der Waals surface area contributed by atoms with Crippen molar-refractivity contribution in [2.75, 3.05) is 9.80 Å². The van der Waals surface area contributed by atoms with E-state index in [1.54, 1.807) is 0 Å². The van der Waals surface area contributed by atoms with Gasteiger partial charge in [-0.15, -0.1) is 0 Å². The molecular weight excluding hydrogens is 665 g/mol. The predicted molar refractivity (Wildman–Crippen MR) is 235 cm³/mol. The van der Waals surface area contributed by atoms with Crippen LogP contribution >= 0.6 is 0 Å². The normalized spacial score (nSPS) is 11.3. The first-order valence-electron chi connectivity index (χ1n) is 19.0. The number of rotatable bonds is 8. The van der Waals surface area contributed by atoms with Gasteiger partial charge in [-0.3, -0.25) is 0 Å². The highest BCUT2D eigenvalue weighted by Gasteiger charge is 2.16. The number of benzene rings is 10. The maximum Gasteiger partial charge on any atom is 0.0468 e. The summed E-state index contributed by atoms with van der Waals surface area (Å²) in [5.41, 5.74) is 9.36. The molecular formula is C53H38N2. The maximum atomic E-state index is 2.37. The van der Waals surface area contributed by atoms with E-state index in [2.05, 4.69) is 228 Å². The van der Waals surface area contributed by atoms with Gasteiger partial charge < -0.3 is 9.80 Å². The Bertz CT molecular complexity index is 2600. The minimum atomic E-state index is 0.846. The van der Waals surface area contributed by atoms with E-state index >= 15 is 0 Å². The van der Waals surface area contributed by atoms with Gasteiger partial charge in [-0.1, -0.05) is 146 Å². The Labute approximate surface area is 321 Å². The van der Waals surface area contributed by atoms with Crippen molar-refractivity contribution in [3.63, 3.8) is 0 Å². The summed E-state index contributed by atoms with van der Waals surface area (Å²) in [6.07, 6.45) is 0.846. The van der Waals surface area contributed by atoms with E-state index in [0.29, 0.717) is 0 Å². The molecule has 0 aliphatic carbocycles. The summed E-state index contributed by atoms with van der Waals surface area (Å²) in [7, 11) is 0. The molecule has 2 nitrogen and oxygen atoms in total. The quantitative estimate of drug-likeness (QED) is 0.156. The molecule has 10 aromatic rings. The van der Waals surface area contributed by atoms with E-state index in [0.717, 1.165) is 40.5 Å². The molecule has 10 aromatic carbocycles. The molecule has 0 heterocycles. The van der Waals surface area contributed by atoms with Gasteiger partial charge in [0.05, 0.1) is 0 Å². The molecule has 2 heteroatoms. The second-order valence-electron chi connectivity index (χ2n) is 14.3. The van der Waals surface area contributed by atoms with E-state index in [1.165, 1.54) is 54.2 Å². The topological polar surface area (TPSA) is 6.48 Å². The minimum absolute atomic E-state index is 0.846. The lowest BCUT2D eigenvalue weighted by molar-refractivity contribution is 1.18. The van der Waals surface area contributed by atoms with E-state index in [4.69, 9.17) is 0 Å². The minimum Gasteiger partial charge on any atom is -0.310 e. The van der Waals surface area contributed by atoms with Crippen molar-refractivity contribution in [2.45, 2.75) is 6.42 Å². The highest BCUT2D eigenvalue weighted by atomic mass is 15.1. The maximum absolute atomic E-state index is 2.37. The molecule has 0 aromatic heterocycles. The zero-order valence-corrected chi connectivity index (χ0v) is 30.4. The molecule has 0 saturated carbocycles. The smallest absolute Gasteiger partial charge is 0.0468 e. The van der Waals surface area contributed by atoms with Gasteiger partial charge in [-0.05, 0) is 133 Å². The van der Waals surface area contributed by atoms with Crippen LogP contribution in [0, 0.1) is 0 Å². The van der Waals surface area contributed by atoms with Crippen LogP contribution in [-0.4, -0.2) is 0 Å². The summed E-state index contributed by atoms with van der Waals surface area (Å²) >= 11 is 0. The number of anilines is 6. The van der Waals surface area contributed by atoms with E-state index in [1.807, 2.05) is 0 Å². The van der Waals surface area contributed by atoms with Gasteiger partial charge in [-0.25, -0.2) is 0 Å². The standard InChI is InChI=1S/C53H38N2/c1-5-13-44-34-50(29-21-40(44)9-1)54(51-30-22-41-10-2-6-14-45(41)35-51)48-25-17-38(18-26-48)33-39-19-27-49(28-20-39)55(52-31-23-42-11-3-7-15-46(42)36-52)53-32-24-43-12-4-8-16-47(43)37-53/h1-32,34-37H,33H2. The molecule has 0 fully saturated rings.